The van der Waals surface area contributed by atoms with Crippen molar-refractivity contribution in [3.63, 3.8) is 0 Å². The highest BCUT2D eigenvalue weighted by Gasteiger charge is 2.41. The van der Waals surface area contributed by atoms with Crippen LogP contribution in [-0.4, -0.2) is 35.3 Å². The van der Waals surface area contributed by atoms with Gasteiger partial charge in [0, 0.05) is 18.5 Å². The second kappa shape index (κ2) is 6.23. The van der Waals surface area contributed by atoms with Gasteiger partial charge in [-0.2, -0.15) is 0 Å². The molecular weight excluding hydrogens is 338 g/mol. The molecule has 2 heterocycles. The van der Waals surface area contributed by atoms with Crippen LogP contribution in [0.4, 0.5) is 10.1 Å². The lowest BCUT2D eigenvalue weighted by molar-refractivity contribution is -0.137. The summed E-state index contributed by atoms with van der Waals surface area (Å²) in [4.78, 5) is 41.3. The van der Waals surface area contributed by atoms with E-state index in [-0.39, 0.29) is 41.3 Å². The predicted molar refractivity (Wildman–Crippen MR) is 95.6 cm³/mol. The molecule has 0 bridgehead atoms. The molecule has 9 heteroatoms. The molecule has 2 radical (unpaired) electrons. The van der Waals surface area contributed by atoms with Crippen LogP contribution in [0.15, 0.2) is 16.9 Å². The number of hydrogen-bond donors (Lipinski definition) is 2. The molecule has 1 aliphatic heterocycles. The number of nitrogens with zero attached hydrogens (tertiary/aromatic N) is 2. The molecule has 0 unspecified atom stereocenters. The third-order valence-electron chi connectivity index (χ3n) is 4.33. The molecule has 0 saturated carbocycles. The molecule has 2 N–H and O–H groups in total. The number of anilines is 1. The number of aryl methyl sites for hydroxylation is 1. The number of carbonyl (C=O) groups excluding carboxylic acids is 2. The molecule has 2 amide bonds. The zero-order chi connectivity index (χ0) is 19.2. The topological polar surface area (TPSA) is 93.1 Å². The fraction of sp³-hybridized carbons (Fsp3) is 0.412. The molecule has 1 aliphatic rings. The Morgan fingerprint density at radius 1 is 1.35 bits per heavy atom. The molecule has 26 heavy (non-hydrogen) atoms. The average molecular weight is 356 g/mol. The summed E-state index contributed by atoms with van der Waals surface area (Å²) in [6.45, 7) is 5.21. The number of benzene rings is 1. The number of rotatable bonds is 3. The van der Waals surface area contributed by atoms with E-state index in [1.54, 1.807) is 0 Å². The van der Waals surface area contributed by atoms with Crippen molar-refractivity contribution in [2.24, 2.45) is 0 Å². The molecule has 7 nitrogen and oxygen atoms in total. The van der Waals surface area contributed by atoms with E-state index in [1.165, 1.54) is 13.0 Å². The van der Waals surface area contributed by atoms with Gasteiger partial charge in [-0.05, 0) is 33.3 Å². The lowest BCUT2D eigenvalue weighted by Gasteiger charge is -2.35. The van der Waals surface area contributed by atoms with E-state index >= 15 is 0 Å². The zero-order valence-electron chi connectivity index (χ0n) is 14.7. The van der Waals surface area contributed by atoms with E-state index in [1.807, 2.05) is 13.8 Å². The minimum absolute atomic E-state index is 0.00662. The number of hydrogen-bond acceptors (Lipinski definition) is 5. The molecular formula is C17H18BFN4O3. The monoisotopic (exact) mass is 356 g/mol. The SMILES string of the molecule is [B][C@]1(n2c(C)nc3cc(F)cc(NC(C)C)c3c2=O)CCC(=O)NC1=O. The number of imide groups is 1. The lowest BCUT2D eigenvalue weighted by Crippen LogP contribution is -2.58. The van der Waals surface area contributed by atoms with Gasteiger partial charge in [0.2, 0.25) is 11.8 Å². The molecule has 1 fully saturated rings. The van der Waals surface area contributed by atoms with Gasteiger partial charge in [-0.25, -0.2) is 9.37 Å². The highest BCUT2D eigenvalue weighted by molar-refractivity contribution is 6.28. The van der Waals surface area contributed by atoms with Crippen molar-refractivity contribution in [1.82, 2.24) is 14.9 Å². The van der Waals surface area contributed by atoms with Gasteiger partial charge in [-0.3, -0.25) is 24.3 Å². The number of carbonyl (C=O) groups is 2. The van der Waals surface area contributed by atoms with Crippen molar-refractivity contribution in [3.05, 3.63) is 34.1 Å². The van der Waals surface area contributed by atoms with Crippen molar-refractivity contribution in [1.29, 1.82) is 0 Å². The number of fused-ring (bicyclic) bond motifs is 1. The van der Waals surface area contributed by atoms with E-state index in [9.17, 15) is 18.8 Å². The summed E-state index contributed by atoms with van der Waals surface area (Å²) < 4.78 is 15.0. The normalized spacial score (nSPS) is 20.5. The summed E-state index contributed by atoms with van der Waals surface area (Å²) in [5.74, 6) is -1.58. The molecule has 0 spiro atoms. The van der Waals surface area contributed by atoms with Crippen LogP contribution in [0, 0.1) is 12.7 Å². The second-order valence-electron chi connectivity index (χ2n) is 6.75. The second-order valence-corrected chi connectivity index (χ2v) is 6.75. The van der Waals surface area contributed by atoms with Crippen LogP contribution in [0.1, 0.15) is 32.5 Å². The molecule has 134 valence electrons. The van der Waals surface area contributed by atoms with E-state index in [0.29, 0.717) is 0 Å². The highest BCUT2D eigenvalue weighted by Crippen LogP contribution is 2.27. The van der Waals surface area contributed by atoms with Gasteiger partial charge >= 0.3 is 0 Å². The van der Waals surface area contributed by atoms with Crippen molar-refractivity contribution in [3.8, 4) is 0 Å². The van der Waals surface area contributed by atoms with Crippen molar-refractivity contribution in [2.75, 3.05) is 5.32 Å². The van der Waals surface area contributed by atoms with Crippen molar-refractivity contribution >= 4 is 36.3 Å². The summed E-state index contributed by atoms with van der Waals surface area (Å²) in [5.41, 5.74) is -1.86. The van der Waals surface area contributed by atoms with Gasteiger partial charge in [0.15, 0.2) is 0 Å². The van der Waals surface area contributed by atoms with Crippen LogP contribution in [0.3, 0.4) is 0 Å². The Morgan fingerprint density at radius 2 is 2.04 bits per heavy atom. The van der Waals surface area contributed by atoms with Gasteiger partial charge in [-0.15, -0.1) is 0 Å². The number of amides is 2. The Labute approximate surface area is 150 Å². The Hall–Kier alpha value is -2.71. The molecule has 3 rings (SSSR count). The number of halogens is 1. The number of piperidine rings is 1. The van der Waals surface area contributed by atoms with Gasteiger partial charge in [-0.1, -0.05) is 0 Å². The summed E-state index contributed by atoms with van der Waals surface area (Å²) >= 11 is 0. The minimum atomic E-state index is -1.74. The van der Waals surface area contributed by atoms with Crippen LogP contribution in [0.25, 0.3) is 10.9 Å². The molecule has 1 aromatic heterocycles. The number of nitrogens with one attached hydrogen (secondary N) is 2. The summed E-state index contributed by atoms with van der Waals surface area (Å²) in [5, 5.41) is 5.32. The Balaban J connectivity index is 2.31. The third kappa shape index (κ3) is 2.87. The van der Waals surface area contributed by atoms with E-state index in [0.717, 1.165) is 10.6 Å². The van der Waals surface area contributed by atoms with E-state index in [2.05, 4.69) is 15.6 Å². The van der Waals surface area contributed by atoms with Crippen LogP contribution in [0.2, 0.25) is 0 Å². The fourth-order valence-electron chi connectivity index (χ4n) is 3.21. The average Bonchev–Trinajstić information content (AvgIpc) is 2.50. The largest absolute Gasteiger partial charge is 0.382 e. The fourth-order valence-corrected chi connectivity index (χ4v) is 3.21. The first-order valence-corrected chi connectivity index (χ1v) is 8.26. The maximum atomic E-state index is 13.9. The third-order valence-corrected chi connectivity index (χ3v) is 4.33. The maximum absolute atomic E-state index is 13.9. The van der Waals surface area contributed by atoms with E-state index < -0.39 is 28.6 Å². The summed E-state index contributed by atoms with van der Waals surface area (Å²) in [6, 6.07) is 2.31. The quantitative estimate of drug-likeness (QED) is 0.630. The zero-order valence-corrected chi connectivity index (χ0v) is 14.7. The molecule has 2 aromatic rings. The van der Waals surface area contributed by atoms with Crippen molar-refractivity contribution in [2.45, 2.75) is 45.1 Å². The minimum Gasteiger partial charge on any atom is -0.382 e. The summed E-state index contributed by atoms with van der Waals surface area (Å²) in [6.07, 6.45) is -0.0214. The van der Waals surface area contributed by atoms with Gasteiger partial charge in [0.25, 0.3) is 5.56 Å². The van der Waals surface area contributed by atoms with Crippen LogP contribution < -0.4 is 16.2 Å². The predicted octanol–water partition coefficient (Wildman–Crippen LogP) is 0.922. The molecule has 0 aliphatic carbocycles. The lowest BCUT2D eigenvalue weighted by atomic mass is 9.71. The smallest absolute Gasteiger partial charge is 0.263 e. The van der Waals surface area contributed by atoms with Crippen LogP contribution >= 0.6 is 0 Å². The van der Waals surface area contributed by atoms with Gasteiger partial charge in [0.1, 0.15) is 19.5 Å². The maximum Gasteiger partial charge on any atom is 0.263 e. The molecule has 1 aromatic carbocycles. The first-order valence-electron chi connectivity index (χ1n) is 8.26. The first-order chi connectivity index (χ1) is 12.1. The van der Waals surface area contributed by atoms with Gasteiger partial charge < -0.3 is 5.32 Å². The molecule has 1 atom stereocenters. The van der Waals surface area contributed by atoms with Crippen molar-refractivity contribution < 1.29 is 14.0 Å². The summed E-state index contributed by atoms with van der Waals surface area (Å²) in [7, 11) is 6.22. The number of aromatic nitrogens is 2. The van der Waals surface area contributed by atoms with Crippen LogP contribution in [0.5, 0.6) is 0 Å². The van der Waals surface area contributed by atoms with Crippen LogP contribution in [-0.2, 0) is 15.0 Å². The first kappa shape index (κ1) is 18.1. The standard InChI is InChI=1S/C17H18BFN4O3/c1-8(2)20-11-6-10(19)7-12-14(11)15(25)23(9(3)21-12)17(18)5-4-13(24)22-16(17)26/h6-8,20H,4-5H2,1-3H3,(H,22,24,26)/t17-/m0/s1. The van der Waals surface area contributed by atoms with Gasteiger partial charge in [0.05, 0.1) is 22.0 Å². The Bertz CT molecular complexity index is 988. The highest BCUT2D eigenvalue weighted by atomic mass is 19.1. The Morgan fingerprint density at radius 3 is 2.65 bits per heavy atom. The van der Waals surface area contributed by atoms with E-state index in [4.69, 9.17) is 7.85 Å². The molecule has 1 saturated heterocycles. The Kier molecular flexibility index (Phi) is 4.33.